The van der Waals surface area contributed by atoms with Crippen molar-refractivity contribution < 1.29 is 76.3 Å². The Balaban J connectivity index is 1.32. The molecule has 0 unspecified atom stereocenters. The minimum atomic E-state index is -1.04. The van der Waals surface area contributed by atoms with Crippen molar-refractivity contribution in [2.75, 3.05) is 130 Å². The average molecular weight is 799 g/mol. The maximum Gasteiger partial charge on any atom is 0.411 e. The van der Waals surface area contributed by atoms with E-state index in [-0.39, 0.29) is 100 Å². The lowest BCUT2D eigenvalue weighted by atomic mass is 10.2. The molecule has 2 aromatic rings. The lowest BCUT2D eigenvalue weighted by molar-refractivity contribution is -0.384. The average Bonchev–Trinajstić information content (AvgIpc) is 3.18. The van der Waals surface area contributed by atoms with Crippen LogP contribution in [0.15, 0.2) is 24.3 Å². The Hall–Kier alpha value is -5.26. The van der Waals surface area contributed by atoms with Crippen molar-refractivity contribution in [1.82, 2.24) is 0 Å². The third-order valence-corrected chi connectivity index (χ3v) is 7.42. The summed E-state index contributed by atoms with van der Waals surface area (Å²) < 4.78 is 65.8. The maximum atomic E-state index is 12.7. The number of anilines is 2. The van der Waals surface area contributed by atoms with E-state index in [9.17, 15) is 29.8 Å². The number of fused-ring (bicyclic) bond motifs is 2. The Bertz CT molecular complexity index is 1470. The van der Waals surface area contributed by atoms with Crippen LogP contribution in [0.25, 0.3) is 0 Å². The van der Waals surface area contributed by atoms with Gasteiger partial charge in [0, 0.05) is 18.1 Å². The first-order chi connectivity index (χ1) is 27.2. The van der Waals surface area contributed by atoms with E-state index >= 15 is 0 Å². The first kappa shape index (κ1) is 43.5. The molecule has 4 rings (SSSR count). The molecular formula is C34H46N4O18. The van der Waals surface area contributed by atoms with Gasteiger partial charge in [0.15, 0.2) is 23.0 Å². The second kappa shape index (κ2) is 24.3. The van der Waals surface area contributed by atoms with E-state index < -0.39 is 39.3 Å². The van der Waals surface area contributed by atoms with Crippen LogP contribution in [0.5, 0.6) is 23.0 Å². The minimum absolute atomic E-state index is 0.0558. The highest BCUT2D eigenvalue weighted by Crippen LogP contribution is 2.39. The van der Waals surface area contributed by atoms with Crippen LogP contribution in [-0.2, 0) is 37.9 Å². The summed E-state index contributed by atoms with van der Waals surface area (Å²) in [5.74, 6) is -0.252. The number of amides is 2. The molecule has 22 heteroatoms. The number of nitrogens with zero attached hydrogens (tertiary/aromatic N) is 2. The summed E-state index contributed by atoms with van der Waals surface area (Å²) in [4.78, 5) is 47.9. The van der Waals surface area contributed by atoms with Crippen LogP contribution in [0.4, 0.5) is 32.3 Å². The van der Waals surface area contributed by atoms with Gasteiger partial charge in [-0.3, -0.25) is 30.9 Å². The summed E-state index contributed by atoms with van der Waals surface area (Å²) in [7, 11) is 0. The Morgan fingerprint density at radius 2 is 0.804 bits per heavy atom. The molecule has 2 heterocycles. The van der Waals surface area contributed by atoms with Gasteiger partial charge in [-0.1, -0.05) is 6.92 Å². The van der Waals surface area contributed by atoms with Crippen LogP contribution in [0.2, 0.25) is 0 Å². The molecule has 0 aromatic heterocycles. The molecule has 2 aliphatic rings. The van der Waals surface area contributed by atoms with Gasteiger partial charge in [0.1, 0.15) is 37.8 Å². The topological polar surface area (TPSA) is 255 Å². The number of benzene rings is 2. The van der Waals surface area contributed by atoms with Gasteiger partial charge in [-0.2, -0.15) is 0 Å². The number of nitro groups is 2. The van der Waals surface area contributed by atoms with Gasteiger partial charge in [0.05, 0.1) is 114 Å². The first-order valence-electron chi connectivity index (χ1n) is 17.7. The molecule has 0 radical (unpaired) electrons. The Labute approximate surface area is 321 Å². The predicted octanol–water partition coefficient (Wildman–Crippen LogP) is 3.58. The highest BCUT2D eigenvalue weighted by molar-refractivity contribution is 5.89. The van der Waals surface area contributed by atoms with E-state index in [2.05, 4.69) is 10.6 Å². The van der Waals surface area contributed by atoms with Crippen molar-refractivity contribution in [3.8, 4) is 23.0 Å². The van der Waals surface area contributed by atoms with Gasteiger partial charge in [-0.15, -0.1) is 0 Å². The number of carbonyl (C=O) groups excluding carboxylic acids is 2. The maximum absolute atomic E-state index is 12.7. The molecule has 310 valence electrons. The Kier molecular flexibility index (Phi) is 18.9. The minimum Gasteiger partial charge on any atom is -0.487 e. The van der Waals surface area contributed by atoms with Crippen LogP contribution in [0.1, 0.15) is 6.92 Å². The summed E-state index contributed by atoms with van der Waals surface area (Å²) in [6.45, 7) is 4.85. The monoisotopic (exact) mass is 798 g/mol. The number of nitro benzene ring substituents is 2. The Morgan fingerprint density at radius 1 is 0.536 bits per heavy atom. The van der Waals surface area contributed by atoms with Crippen LogP contribution >= 0.6 is 0 Å². The van der Waals surface area contributed by atoms with Gasteiger partial charge in [0.25, 0.3) is 11.4 Å². The molecular weight excluding hydrogens is 752 g/mol. The summed E-state index contributed by atoms with van der Waals surface area (Å²) in [6, 6.07) is 4.71. The molecule has 0 saturated carbocycles. The molecule has 0 aliphatic carbocycles. The van der Waals surface area contributed by atoms with E-state index in [1.807, 2.05) is 0 Å². The second-order valence-electron chi connectivity index (χ2n) is 11.8. The fourth-order valence-corrected chi connectivity index (χ4v) is 4.75. The predicted molar refractivity (Wildman–Crippen MR) is 192 cm³/mol. The fraction of sp³-hybridized carbons (Fsp3) is 0.588. The highest BCUT2D eigenvalue weighted by atomic mass is 16.6. The van der Waals surface area contributed by atoms with Crippen LogP contribution < -0.4 is 29.6 Å². The molecule has 0 fully saturated rings. The normalized spacial score (nSPS) is 16.8. The van der Waals surface area contributed by atoms with Gasteiger partial charge in [-0.25, -0.2) is 9.59 Å². The van der Waals surface area contributed by atoms with E-state index in [1.165, 1.54) is 12.1 Å². The third-order valence-electron chi connectivity index (χ3n) is 7.42. The molecule has 56 heavy (non-hydrogen) atoms. The lowest BCUT2D eigenvalue weighted by Crippen LogP contribution is -2.23. The summed E-state index contributed by atoms with van der Waals surface area (Å²) in [5, 5.41) is 28.5. The van der Waals surface area contributed by atoms with E-state index in [1.54, 1.807) is 6.92 Å². The standard InChI is InChI=1S/C34H46N4O18/c1-24(22-55-33(39)35-25-18-29-31(20-27(25)37(41)42)53-16-12-49-8-4-45-2-6-47-10-14-51-29)23-56-34(40)36-26-19-30-32(21-28(26)38(43)44)54-17-13-50-9-5-46-3-7-48-11-15-52-30/h18-21,24H,2-17,22-23H2,1H3,(H,35,39)(H,36,40). The van der Waals surface area contributed by atoms with Crippen molar-refractivity contribution in [1.29, 1.82) is 0 Å². The first-order valence-corrected chi connectivity index (χ1v) is 17.7. The highest BCUT2D eigenvalue weighted by Gasteiger charge is 2.25. The van der Waals surface area contributed by atoms with Crippen LogP contribution in [0.3, 0.4) is 0 Å². The van der Waals surface area contributed by atoms with Crippen LogP contribution in [0, 0.1) is 26.1 Å². The molecule has 0 bridgehead atoms. The third kappa shape index (κ3) is 15.5. The van der Waals surface area contributed by atoms with Gasteiger partial charge >= 0.3 is 12.2 Å². The zero-order chi connectivity index (χ0) is 40.0. The number of hydrogen-bond donors (Lipinski definition) is 2. The van der Waals surface area contributed by atoms with Crippen molar-refractivity contribution in [2.45, 2.75) is 6.92 Å². The zero-order valence-corrected chi connectivity index (χ0v) is 30.9. The second-order valence-corrected chi connectivity index (χ2v) is 11.8. The molecule has 2 N–H and O–H groups in total. The molecule has 2 aliphatic heterocycles. The summed E-state index contributed by atoms with van der Waals surface area (Å²) in [6.07, 6.45) is -2.08. The zero-order valence-electron chi connectivity index (χ0n) is 30.9. The lowest BCUT2D eigenvalue weighted by Gasteiger charge is -2.16. The number of nitrogens with one attached hydrogen (secondary N) is 2. The smallest absolute Gasteiger partial charge is 0.411 e. The van der Waals surface area contributed by atoms with Crippen molar-refractivity contribution in [3.05, 3.63) is 44.5 Å². The van der Waals surface area contributed by atoms with E-state index in [0.29, 0.717) is 52.9 Å². The number of ether oxygens (including phenoxy) is 12. The van der Waals surface area contributed by atoms with Crippen molar-refractivity contribution in [3.63, 3.8) is 0 Å². The largest absolute Gasteiger partial charge is 0.487 e. The SMILES string of the molecule is CC(COC(=O)Nc1cc2c(cc1[N+](=O)[O-])OCCOCCOCCOCCO2)COC(=O)Nc1cc2c(cc1[N+](=O)[O-])OCCOCCOCCOCCO2. The van der Waals surface area contributed by atoms with Crippen LogP contribution in [-0.4, -0.2) is 141 Å². The summed E-state index contributed by atoms with van der Waals surface area (Å²) >= 11 is 0. The quantitative estimate of drug-likeness (QED) is 0.286. The molecule has 0 saturated heterocycles. The van der Waals surface area contributed by atoms with Crippen molar-refractivity contribution >= 4 is 34.9 Å². The van der Waals surface area contributed by atoms with Gasteiger partial charge in [-0.05, 0) is 0 Å². The van der Waals surface area contributed by atoms with Crippen molar-refractivity contribution in [2.24, 2.45) is 5.92 Å². The number of carbonyl (C=O) groups is 2. The molecule has 2 aromatic carbocycles. The number of hydrogen-bond acceptors (Lipinski definition) is 18. The van der Waals surface area contributed by atoms with Gasteiger partial charge < -0.3 is 56.8 Å². The molecule has 0 spiro atoms. The fourth-order valence-electron chi connectivity index (χ4n) is 4.75. The van der Waals surface area contributed by atoms with Gasteiger partial charge in [0.2, 0.25) is 0 Å². The Morgan fingerprint density at radius 3 is 1.09 bits per heavy atom. The summed E-state index contributed by atoms with van der Waals surface area (Å²) in [5.41, 5.74) is -1.43. The molecule has 2 amide bonds. The molecule has 0 atom stereocenters. The van der Waals surface area contributed by atoms with E-state index in [4.69, 9.17) is 56.8 Å². The van der Waals surface area contributed by atoms with E-state index in [0.717, 1.165) is 12.1 Å². The number of rotatable bonds is 8. The molecule has 22 nitrogen and oxygen atoms in total.